The van der Waals surface area contributed by atoms with Crippen LogP contribution < -0.4 is 15.5 Å². The van der Waals surface area contributed by atoms with Crippen molar-refractivity contribution in [1.29, 1.82) is 0 Å². The van der Waals surface area contributed by atoms with Crippen LogP contribution in [0.2, 0.25) is 0 Å². The Labute approximate surface area is 162 Å². The monoisotopic (exact) mass is 466 g/mol. The molecule has 0 spiro atoms. The molecule has 9 heteroatoms. The highest BCUT2D eigenvalue weighted by molar-refractivity contribution is 14.0. The van der Waals surface area contributed by atoms with Crippen LogP contribution in [-0.4, -0.2) is 37.1 Å². The summed E-state index contributed by atoms with van der Waals surface area (Å²) in [6.07, 6.45) is 0. The Balaban J connectivity index is 0.00000264. The lowest BCUT2D eigenvalue weighted by Crippen LogP contribution is -2.36. The molecule has 2 aromatic rings. The van der Waals surface area contributed by atoms with E-state index in [4.69, 9.17) is 0 Å². The minimum atomic E-state index is 0. The van der Waals surface area contributed by atoms with Crippen LogP contribution in [0.5, 0.6) is 0 Å². The number of anilines is 1. The Hall–Kier alpha value is -0.940. The summed E-state index contributed by atoms with van der Waals surface area (Å²) in [6, 6.07) is 0. The van der Waals surface area contributed by atoms with Crippen molar-refractivity contribution in [2.24, 2.45) is 4.99 Å². The van der Waals surface area contributed by atoms with Gasteiger partial charge in [-0.25, -0.2) is 9.97 Å². The molecular weight excluding hydrogens is 443 g/mol. The summed E-state index contributed by atoms with van der Waals surface area (Å²) < 4.78 is 0. The number of hydrogen-bond donors (Lipinski definition) is 2. The maximum absolute atomic E-state index is 4.54. The number of rotatable bonds is 5. The third-order valence-corrected chi connectivity index (χ3v) is 5.19. The average Bonchev–Trinajstić information content (AvgIpc) is 3.07. The fourth-order valence-corrected chi connectivity index (χ4v) is 3.38. The summed E-state index contributed by atoms with van der Waals surface area (Å²) in [6.45, 7) is 5.46. The van der Waals surface area contributed by atoms with Crippen molar-refractivity contribution < 1.29 is 0 Å². The molecule has 6 nitrogen and oxygen atoms in total. The van der Waals surface area contributed by atoms with Crippen molar-refractivity contribution in [1.82, 2.24) is 20.6 Å². The van der Waals surface area contributed by atoms with Gasteiger partial charge >= 0.3 is 0 Å². The van der Waals surface area contributed by atoms with Crippen LogP contribution in [0, 0.1) is 13.8 Å². The van der Waals surface area contributed by atoms with Crippen LogP contribution in [-0.2, 0) is 13.1 Å². The maximum Gasteiger partial charge on any atom is 0.191 e. The van der Waals surface area contributed by atoms with Gasteiger partial charge in [0, 0.05) is 31.4 Å². The SMILES string of the molecule is CN=C(NCc1csc(N(C)C)n1)NCc1nc(C)c(C)s1.I. The first-order chi connectivity index (χ1) is 10.5. The van der Waals surface area contributed by atoms with E-state index in [0.29, 0.717) is 13.1 Å². The van der Waals surface area contributed by atoms with Gasteiger partial charge in [-0.3, -0.25) is 4.99 Å². The van der Waals surface area contributed by atoms with Gasteiger partial charge in [0.25, 0.3) is 0 Å². The van der Waals surface area contributed by atoms with Gasteiger partial charge in [-0.1, -0.05) is 0 Å². The molecule has 0 aromatic carbocycles. The Morgan fingerprint density at radius 2 is 1.91 bits per heavy atom. The Morgan fingerprint density at radius 1 is 1.22 bits per heavy atom. The third kappa shape index (κ3) is 5.88. The number of halogens is 1. The number of hydrogen-bond acceptors (Lipinski definition) is 6. The van der Waals surface area contributed by atoms with Crippen LogP contribution in [0.3, 0.4) is 0 Å². The van der Waals surface area contributed by atoms with Crippen molar-refractivity contribution in [2.75, 3.05) is 26.0 Å². The van der Waals surface area contributed by atoms with Crippen molar-refractivity contribution in [3.05, 3.63) is 26.7 Å². The number of aryl methyl sites for hydroxylation is 2. The normalized spacial score (nSPS) is 11.1. The molecule has 0 bridgehead atoms. The van der Waals surface area contributed by atoms with Gasteiger partial charge in [0.15, 0.2) is 11.1 Å². The van der Waals surface area contributed by atoms with Gasteiger partial charge < -0.3 is 15.5 Å². The summed E-state index contributed by atoms with van der Waals surface area (Å²) in [5, 5.41) is 10.7. The van der Waals surface area contributed by atoms with E-state index in [1.807, 2.05) is 25.9 Å². The summed E-state index contributed by atoms with van der Waals surface area (Å²) >= 11 is 3.35. The van der Waals surface area contributed by atoms with Crippen molar-refractivity contribution in [3.8, 4) is 0 Å². The van der Waals surface area contributed by atoms with E-state index in [2.05, 4.69) is 37.9 Å². The molecule has 0 saturated heterocycles. The van der Waals surface area contributed by atoms with Gasteiger partial charge in [-0.15, -0.1) is 46.7 Å². The van der Waals surface area contributed by atoms with Crippen LogP contribution in [0.25, 0.3) is 0 Å². The topological polar surface area (TPSA) is 65.4 Å². The molecule has 2 aromatic heterocycles. The second-order valence-electron chi connectivity index (χ2n) is 5.04. The minimum absolute atomic E-state index is 0. The minimum Gasteiger partial charge on any atom is -0.354 e. The van der Waals surface area contributed by atoms with Gasteiger partial charge in [-0.2, -0.15) is 0 Å². The number of guanidine groups is 1. The predicted molar refractivity (Wildman–Crippen MR) is 110 cm³/mol. The fraction of sp³-hybridized carbons (Fsp3) is 0.500. The number of aliphatic imine (C=N–C) groups is 1. The second kappa shape index (κ2) is 9.38. The standard InChI is InChI=1S/C14H22N6S2.HI/c1-9-10(2)22-12(18-9)7-17-13(15-3)16-6-11-8-21-14(19-11)20(4)5;/h8H,6-7H2,1-5H3,(H2,15,16,17);1H. The molecule has 0 fully saturated rings. The van der Waals surface area contributed by atoms with E-state index >= 15 is 0 Å². The largest absolute Gasteiger partial charge is 0.354 e. The first-order valence-electron chi connectivity index (χ1n) is 6.98. The molecule has 2 rings (SSSR count). The van der Waals surface area contributed by atoms with Crippen LogP contribution in [0.15, 0.2) is 10.4 Å². The lowest BCUT2D eigenvalue weighted by molar-refractivity contribution is 0.793. The van der Waals surface area contributed by atoms with Crippen LogP contribution in [0.1, 0.15) is 21.3 Å². The maximum atomic E-state index is 4.54. The number of nitrogens with zero attached hydrogens (tertiary/aromatic N) is 4. The molecule has 23 heavy (non-hydrogen) atoms. The highest BCUT2D eigenvalue weighted by Crippen LogP contribution is 2.18. The van der Waals surface area contributed by atoms with Crippen molar-refractivity contribution in [3.63, 3.8) is 0 Å². The lowest BCUT2D eigenvalue weighted by Gasteiger charge is -2.10. The summed E-state index contributed by atoms with van der Waals surface area (Å²) in [5.74, 6) is 0.755. The Kier molecular flexibility index (Phi) is 8.20. The summed E-state index contributed by atoms with van der Waals surface area (Å²) in [5.41, 5.74) is 2.11. The highest BCUT2D eigenvalue weighted by atomic mass is 127. The van der Waals surface area contributed by atoms with Gasteiger partial charge in [-0.05, 0) is 13.8 Å². The molecule has 2 N–H and O–H groups in total. The van der Waals surface area contributed by atoms with E-state index in [1.165, 1.54) is 4.88 Å². The van der Waals surface area contributed by atoms with Gasteiger partial charge in [0.2, 0.25) is 0 Å². The predicted octanol–water partition coefficient (Wildman–Crippen LogP) is 2.77. The van der Waals surface area contributed by atoms with Crippen molar-refractivity contribution >= 4 is 57.7 Å². The van der Waals surface area contributed by atoms with E-state index in [1.54, 1.807) is 29.7 Å². The smallest absolute Gasteiger partial charge is 0.191 e. The number of nitrogens with one attached hydrogen (secondary N) is 2. The number of aromatic nitrogens is 2. The van der Waals surface area contributed by atoms with Gasteiger partial charge in [0.05, 0.1) is 24.5 Å². The first-order valence-corrected chi connectivity index (χ1v) is 8.68. The second-order valence-corrected chi connectivity index (χ2v) is 7.17. The quantitative estimate of drug-likeness (QED) is 0.403. The molecule has 0 aliphatic rings. The van der Waals surface area contributed by atoms with E-state index < -0.39 is 0 Å². The molecular formula is C14H23IN6S2. The molecule has 0 radical (unpaired) electrons. The molecule has 0 saturated carbocycles. The Bertz CT molecular complexity index is 630. The van der Waals surface area contributed by atoms with Crippen LogP contribution in [0.4, 0.5) is 5.13 Å². The first kappa shape index (κ1) is 20.1. The molecule has 0 atom stereocenters. The summed E-state index contributed by atoms with van der Waals surface area (Å²) in [7, 11) is 5.75. The molecule has 0 aliphatic carbocycles. The molecule has 0 unspecified atom stereocenters. The van der Waals surface area contributed by atoms with E-state index in [0.717, 1.165) is 27.5 Å². The highest BCUT2D eigenvalue weighted by Gasteiger charge is 2.06. The van der Waals surface area contributed by atoms with E-state index in [-0.39, 0.29) is 24.0 Å². The zero-order chi connectivity index (χ0) is 16.1. The molecule has 2 heterocycles. The molecule has 128 valence electrons. The lowest BCUT2D eigenvalue weighted by atomic mass is 10.4. The van der Waals surface area contributed by atoms with Gasteiger partial charge in [0.1, 0.15) is 5.01 Å². The average molecular weight is 466 g/mol. The third-order valence-electron chi connectivity index (χ3n) is 3.06. The zero-order valence-electron chi connectivity index (χ0n) is 14.0. The van der Waals surface area contributed by atoms with E-state index in [9.17, 15) is 0 Å². The summed E-state index contributed by atoms with van der Waals surface area (Å²) in [4.78, 5) is 16.5. The zero-order valence-corrected chi connectivity index (χ0v) is 18.0. The number of thiazole rings is 2. The fourth-order valence-electron chi connectivity index (χ4n) is 1.75. The van der Waals surface area contributed by atoms with Crippen molar-refractivity contribution in [2.45, 2.75) is 26.9 Å². The molecule has 0 aliphatic heterocycles. The van der Waals surface area contributed by atoms with Crippen LogP contribution >= 0.6 is 46.7 Å². The molecule has 0 amide bonds. The Morgan fingerprint density at radius 3 is 2.43 bits per heavy atom.